The van der Waals surface area contributed by atoms with Gasteiger partial charge in [-0.1, -0.05) is 6.92 Å². The third-order valence-corrected chi connectivity index (χ3v) is 2.09. The second-order valence-electron chi connectivity index (χ2n) is 3.56. The molecule has 0 aliphatic heterocycles. The molecule has 0 fully saturated rings. The molecule has 0 aliphatic carbocycles. The zero-order valence-electron chi connectivity index (χ0n) is 9.36. The van der Waals surface area contributed by atoms with Crippen molar-refractivity contribution in [2.24, 2.45) is 5.92 Å². The fourth-order valence-electron chi connectivity index (χ4n) is 1.38. The Hall–Kier alpha value is -1.36. The van der Waals surface area contributed by atoms with Gasteiger partial charge in [-0.3, -0.25) is 4.79 Å². The predicted octanol–water partition coefficient (Wildman–Crippen LogP) is 0.107. The van der Waals surface area contributed by atoms with E-state index in [1.54, 1.807) is 6.07 Å². The number of ether oxygens (including phenoxy) is 1. The summed E-state index contributed by atoms with van der Waals surface area (Å²) in [5.74, 6) is 0.818. The molecule has 1 rings (SSSR count). The van der Waals surface area contributed by atoms with Crippen LogP contribution in [0.15, 0.2) is 16.9 Å². The van der Waals surface area contributed by atoms with E-state index in [0.717, 1.165) is 6.54 Å². The maximum absolute atomic E-state index is 11.5. The monoisotopic (exact) mass is 211 g/mol. The van der Waals surface area contributed by atoms with Gasteiger partial charge in [-0.15, -0.1) is 5.10 Å². The first-order valence-electron chi connectivity index (χ1n) is 4.94. The summed E-state index contributed by atoms with van der Waals surface area (Å²) in [7, 11) is 3.42. The van der Waals surface area contributed by atoms with Gasteiger partial charge < -0.3 is 10.1 Å². The molecular weight excluding hydrogens is 194 g/mol. The van der Waals surface area contributed by atoms with Gasteiger partial charge in [0.25, 0.3) is 5.56 Å². The standard InChI is InChI=1S/C10H17N3O2/c1-8(6-11-2)7-13-10(14)5-4-9(12-13)15-3/h4-5,8,11H,6-7H2,1-3H3. The summed E-state index contributed by atoms with van der Waals surface area (Å²) in [6.07, 6.45) is 0. The van der Waals surface area contributed by atoms with Crippen LogP contribution < -0.4 is 15.6 Å². The molecule has 0 aliphatic rings. The van der Waals surface area contributed by atoms with E-state index in [2.05, 4.69) is 17.3 Å². The van der Waals surface area contributed by atoms with Crippen LogP contribution >= 0.6 is 0 Å². The van der Waals surface area contributed by atoms with Gasteiger partial charge in [-0.05, 0) is 19.5 Å². The van der Waals surface area contributed by atoms with Gasteiger partial charge in [-0.25, -0.2) is 4.68 Å². The molecule has 1 N–H and O–H groups in total. The van der Waals surface area contributed by atoms with Gasteiger partial charge in [0, 0.05) is 18.7 Å². The maximum atomic E-state index is 11.5. The van der Waals surface area contributed by atoms with Crippen LogP contribution in [0.1, 0.15) is 6.92 Å². The van der Waals surface area contributed by atoms with E-state index >= 15 is 0 Å². The molecule has 1 heterocycles. The van der Waals surface area contributed by atoms with E-state index in [-0.39, 0.29) is 5.56 Å². The molecule has 0 bridgehead atoms. The van der Waals surface area contributed by atoms with Gasteiger partial charge in [0.15, 0.2) is 0 Å². The Labute approximate surface area is 89.1 Å². The van der Waals surface area contributed by atoms with Crippen molar-refractivity contribution < 1.29 is 4.74 Å². The number of nitrogens with zero attached hydrogens (tertiary/aromatic N) is 2. The van der Waals surface area contributed by atoms with E-state index in [1.165, 1.54) is 17.9 Å². The summed E-state index contributed by atoms with van der Waals surface area (Å²) < 4.78 is 6.40. The lowest BCUT2D eigenvalue weighted by molar-refractivity contribution is 0.357. The highest BCUT2D eigenvalue weighted by atomic mass is 16.5. The lowest BCUT2D eigenvalue weighted by Crippen LogP contribution is -2.28. The summed E-state index contributed by atoms with van der Waals surface area (Å²) in [5, 5.41) is 7.13. The van der Waals surface area contributed by atoms with Gasteiger partial charge in [-0.2, -0.15) is 0 Å². The van der Waals surface area contributed by atoms with Gasteiger partial charge in [0.05, 0.1) is 7.11 Å². The van der Waals surface area contributed by atoms with Crippen molar-refractivity contribution in [1.82, 2.24) is 15.1 Å². The third-order valence-electron chi connectivity index (χ3n) is 2.09. The van der Waals surface area contributed by atoms with E-state index in [1.807, 2.05) is 7.05 Å². The minimum absolute atomic E-state index is 0.0984. The topological polar surface area (TPSA) is 56.1 Å². The van der Waals surface area contributed by atoms with Crippen LogP contribution in [0.2, 0.25) is 0 Å². The number of nitrogens with one attached hydrogen (secondary N) is 1. The second-order valence-corrected chi connectivity index (χ2v) is 3.56. The molecule has 0 spiro atoms. The minimum Gasteiger partial charge on any atom is -0.480 e. The van der Waals surface area contributed by atoms with Gasteiger partial charge in [0.1, 0.15) is 0 Å². The van der Waals surface area contributed by atoms with E-state index in [4.69, 9.17) is 4.74 Å². The quantitative estimate of drug-likeness (QED) is 0.751. The van der Waals surface area contributed by atoms with Crippen molar-refractivity contribution in [3.05, 3.63) is 22.5 Å². The zero-order chi connectivity index (χ0) is 11.3. The van der Waals surface area contributed by atoms with Crippen LogP contribution in [-0.4, -0.2) is 30.5 Å². The smallest absolute Gasteiger partial charge is 0.266 e. The summed E-state index contributed by atoms with van der Waals surface area (Å²) >= 11 is 0. The van der Waals surface area contributed by atoms with Crippen LogP contribution in [0, 0.1) is 5.92 Å². The Bertz CT molecular complexity index is 362. The van der Waals surface area contributed by atoms with Crippen molar-refractivity contribution in [2.45, 2.75) is 13.5 Å². The average Bonchev–Trinajstić information content (AvgIpc) is 2.21. The fraction of sp³-hybridized carbons (Fsp3) is 0.600. The molecule has 5 nitrogen and oxygen atoms in total. The number of aromatic nitrogens is 2. The zero-order valence-corrected chi connectivity index (χ0v) is 9.36. The van der Waals surface area contributed by atoms with Crippen molar-refractivity contribution in [1.29, 1.82) is 0 Å². The summed E-state index contributed by atoms with van der Waals surface area (Å²) in [5.41, 5.74) is -0.0984. The van der Waals surface area contributed by atoms with Crippen LogP contribution in [0.5, 0.6) is 5.88 Å². The average molecular weight is 211 g/mol. The second kappa shape index (κ2) is 5.50. The molecule has 0 saturated carbocycles. The first-order valence-corrected chi connectivity index (χ1v) is 4.94. The molecule has 0 amide bonds. The van der Waals surface area contributed by atoms with E-state index in [0.29, 0.717) is 18.3 Å². The van der Waals surface area contributed by atoms with Crippen LogP contribution in [-0.2, 0) is 6.54 Å². The fourth-order valence-corrected chi connectivity index (χ4v) is 1.38. The first-order chi connectivity index (χ1) is 7.17. The van der Waals surface area contributed by atoms with Crippen molar-refractivity contribution in [2.75, 3.05) is 20.7 Å². The molecule has 1 atom stereocenters. The molecule has 1 aromatic rings. The Morgan fingerprint density at radius 1 is 1.60 bits per heavy atom. The highest BCUT2D eigenvalue weighted by Gasteiger charge is 2.05. The van der Waals surface area contributed by atoms with Crippen LogP contribution in [0.3, 0.4) is 0 Å². The highest BCUT2D eigenvalue weighted by molar-refractivity contribution is 5.05. The van der Waals surface area contributed by atoms with Crippen LogP contribution in [0.25, 0.3) is 0 Å². The lowest BCUT2D eigenvalue weighted by atomic mass is 10.2. The molecule has 84 valence electrons. The molecular formula is C10H17N3O2. The molecule has 0 aromatic carbocycles. The molecule has 1 aromatic heterocycles. The number of hydrogen-bond donors (Lipinski definition) is 1. The summed E-state index contributed by atoms with van der Waals surface area (Å²) in [6.45, 7) is 3.51. The van der Waals surface area contributed by atoms with Gasteiger partial charge >= 0.3 is 0 Å². The number of rotatable bonds is 5. The summed E-state index contributed by atoms with van der Waals surface area (Å²) in [6, 6.07) is 3.04. The maximum Gasteiger partial charge on any atom is 0.266 e. The Morgan fingerprint density at radius 3 is 2.93 bits per heavy atom. The Balaban J connectivity index is 2.79. The highest BCUT2D eigenvalue weighted by Crippen LogP contribution is 2.01. The minimum atomic E-state index is -0.0984. The van der Waals surface area contributed by atoms with Crippen molar-refractivity contribution in [3.8, 4) is 5.88 Å². The Morgan fingerprint density at radius 2 is 2.33 bits per heavy atom. The van der Waals surface area contributed by atoms with E-state index < -0.39 is 0 Å². The lowest BCUT2D eigenvalue weighted by Gasteiger charge is -2.12. The summed E-state index contributed by atoms with van der Waals surface area (Å²) in [4.78, 5) is 11.5. The normalized spacial score (nSPS) is 12.5. The number of methoxy groups -OCH3 is 1. The SMILES string of the molecule is CNCC(C)Cn1nc(OC)ccc1=O. The molecule has 0 saturated heterocycles. The predicted molar refractivity (Wildman–Crippen MR) is 58.1 cm³/mol. The first kappa shape index (κ1) is 11.7. The third kappa shape index (κ3) is 3.36. The molecule has 0 radical (unpaired) electrons. The molecule has 1 unspecified atom stereocenters. The van der Waals surface area contributed by atoms with Crippen molar-refractivity contribution in [3.63, 3.8) is 0 Å². The molecule has 15 heavy (non-hydrogen) atoms. The number of hydrogen-bond acceptors (Lipinski definition) is 4. The Kier molecular flexibility index (Phi) is 4.30. The largest absolute Gasteiger partial charge is 0.480 e. The van der Waals surface area contributed by atoms with E-state index in [9.17, 15) is 4.79 Å². The molecule has 5 heteroatoms. The van der Waals surface area contributed by atoms with Crippen LogP contribution in [0.4, 0.5) is 0 Å². The van der Waals surface area contributed by atoms with Gasteiger partial charge in [0.2, 0.25) is 5.88 Å². The van der Waals surface area contributed by atoms with Crippen molar-refractivity contribution >= 4 is 0 Å².